The Balaban J connectivity index is 1.94. The lowest BCUT2D eigenvalue weighted by Crippen LogP contribution is -2.44. The minimum Gasteiger partial charge on any atom is -0.484 e. The maximum absolute atomic E-state index is 11.7. The Morgan fingerprint density at radius 2 is 1.75 bits per heavy atom. The van der Waals surface area contributed by atoms with Crippen molar-refractivity contribution in [1.82, 2.24) is 0 Å². The first-order valence-corrected chi connectivity index (χ1v) is 9.26. The summed E-state index contributed by atoms with van der Waals surface area (Å²) in [6.45, 7) is 8.49. The second-order valence-electron chi connectivity index (χ2n) is 7.51. The van der Waals surface area contributed by atoms with Crippen LogP contribution in [0.4, 0.5) is 0 Å². The number of rotatable bonds is 4. The van der Waals surface area contributed by atoms with Gasteiger partial charge >= 0.3 is 11.9 Å². The number of carbonyl (C=O) groups excluding carboxylic acids is 2. The molecule has 0 unspecified atom stereocenters. The molecule has 4 atom stereocenters. The Kier molecular flexibility index (Phi) is 5.76. The van der Waals surface area contributed by atoms with Crippen LogP contribution in [0.15, 0.2) is 30.0 Å². The van der Waals surface area contributed by atoms with Gasteiger partial charge in [-0.1, -0.05) is 29.8 Å². The van der Waals surface area contributed by atoms with E-state index in [1.807, 2.05) is 31.2 Å². The highest BCUT2D eigenvalue weighted by Gasteiger charge is 2.53. The molecule has 0 N–H and O–H groups in total. The van der Waals surface area contributed by atoms with Crippen LogP contribution in [0.5, 0.6) is 0 Å². The van der Waals surface area contributed by atoms with E-state index < -0.39 is 42.1 Å². The lowest BCUT2D eigenvalue weighted by molar-refractivity contribution is -0.173. The fourth-order valence-corrected chi connectivity index (χ4v) is 3.36. The standard InChI is InChI=1S/C21H26O7/c1-12-6-8-15(9-7-12)10-16-18(25-13(2)22)20(26-14(3)23)19(27-16)17-11-24-21(4,5)28-17/h6-10,17-20H,11H2,1-5H3/b16-10-/t17-,18+,19-,20-/m1/s1. The van der Waals surface area contributed by atoms with Crippen LogP contribution in [0.1, 0.15) is 38.8 Å². The molecule has 2 aliphatic rings. The molecule has 0 bridgehead atoms. The molecule has 2 aliphatic heterocycles. The molecule has 1 aromatic carbocycles. The summed E-state index contributed by atoms with van der Waals surface area (Å²) in [5, 5.41) is 0. The van der Waals surface area contributed by atoms with Gasteiger partial charge in [-0.3, -0.25) is 9.59 Å². The zero-order chi connectivity index (χ0) is 20.5. The molecule has 28 heavy (non-hydrogen) atoms. The van der Waals surface area contributed by atoms with Crippen LogP contribution in [-0.2, 0) is 33.3 Å². The molecule has 1 aromatic rings. The number of benzene rings is 1. The van der Waals surface area contributed by atoms with Crippen molar-refractivity contribution < 1.29 is 33.3 Å². The average Bonchev–Trinajstić information content (AvgIpc) is 3.10. The number of hydrogen-bond donors (Lipinski definition) is 0. The van der Waals surface area contributed by atoms with Crippen molar-refractivity contribution in [2.24, 2.45) is 0 Å². The average molecular weight is 390 g/mol. The molecule has 0 spiro atoms. The zero-order valence-corrected chi connectivity index (χ0v) is 16.8. The molecule has 0 radical (unpaired) electrons. The van der Waals surface area contributed by atoms with Gasteiger partial charge in [0.1, 0.15) is 11.9 Å². The monoisotopic (exact) mass is 390 g/mol. The van der Waals surface area contributed by atoms with Crippen molar-refractivity contribution >= 4 is 18.0 Å². The molecule has 152 valence electrons. The third kappa shape index (κ3) is 4.72. The summed E-state index contributed by atoms with van der Waals surface area (Å²) in [7, 11) is 0. The summed E-state index contributed by atoms with van der Waals surface area (Å²) in [6.07, 6.45) is -1.04. The molecule has 7 heteroatoms. The van der Waals surface area contributed by atoms with E-state index in [2.05, 4.69) is 0 Å². The molecule has 0 saturated carbocycles. The second kappa shape index (κ2) is 7.93. The summed E-state index contributed by atoms with van der Waals surface area (Å²) in [5.41, 5.74) is 2.00. The summed E-state index contributed by atoms with van der Waals surface area (Å²) in [6, 6.07) is 7.81. The molecular weight excluding hydrogens is 364 g/mol. The molecular formula is C21H26O7. The third-order valence-corrected chi connectivity index (χ3v) is 4.55. The molecule has 2 fully saturated rings. The Hall–Kier alpha value is -2.38. The van der Waals surface area contributed by atoms with Gasteiger partial charge in [0, 0.05) is 13.8 Å². The molecule has 0 amide bonds. The van der Waals surface area contributed by atoms with E-state index in [4.69, 9.17) is 23.7 Å². The van der Waals surface area contributed by atoms with E-state index in [0.717, 1.165) is 11.1 Å². The van der Waals surface area contributed by atoms with Crippen molar-refractivity contribution in [3.63, 3.8) is 0 Å². The smallest absolute Gasteiger partial charge is 0.303 e. The predicted octanol–water partition coefficient (Wildman–Crippen LogP) is 2.75. The van der Waals surface area contributed by atoms with Crippen molar-refractivity contribution in [3.05, 3.63) is 41.2 Å². The van der Waals surface area contributed by atoms with Gasteiger partial charge in [0.05, 0.1) is 6.61 Å². The molecule has 7 nitrogen and oxygen atoms in total. The summed E-state index contributed by atoms with van der Waals surface area (Å²) in [4.78, 5) is 23.4. The number of aryl methyl sites for hydroxylation is 1. The van der Waals surface area contributed by atoms with Crippen LogP contribution in [-0.4, -0.2) is 48.7 Å². The Morgan fingerprint density at radius 1 is 1.11 bits per heavy atom. The van der Waals surface area contributed by atoms with Crippen molar-refractivity contribution in [1.29, 1.82) is 0 Å². The van der Waals surface area contributed by atoms with Crippen LogP contribution in [0, 0.1) is 6.92 Å². The minimum absolute atomic E-state index is 0.278. The number of esters is 2. The molecule has 3 rings (SSSR count). The van der Waals surface area contributed by atoms with Crippen LogP contribution in [0.2, 0.25) is 0 Å². The van der Waals surface area contributed by atoms with E-state index in [-0.39, 0.29) is 6.61 Å². The van der Waals surface area contributed by atoms with Gasteiger partial charge in [0.25, 0.3) is 0 Å². The number of carbonyl (C=O) groups is 2. The fourth-order valence-electron chi connectivity index (χ4n) is 3.36. The minimum atomic E-state index is -0.861. The molecule has 0 aliphatic carbocycles. The first kappa shape index (κ1) is 20.4. The summed E-state index contributed by atoms with van der Waals surface area (Å²) < 4.78 is 28.6. The van der Waals surface area contributed by atoms with Gasteiger partial charge in [-0.2, -0.15) is 0 Å². The normalized spacial score (nSPS) is 30.1. The van der Waals surface area contributed by atoms with Gasteiger partial charge in [-0.05, 0) is 32.4 Å². The summed E-state index contributed by atoms with van der Waals surface area (Å²) >= 11 is 0. The third-order valence-electron chi connectivity index (χ3n) is 4.55. The van der Waals surface area contributed by atoms with Crippen molar-refractivity contribution in [2.75, 3.05) is 6.61 Å². The van der Waals surface area contributed by atoms with Crippen molar-refractivity contribution in [2.45, 2.75) is 64.8 Å². The van der Waals surface area contributed by atoms with E-state index in [1.165, 1.54) is 13.8 Å². The molecule has 0 aromatic heterocycles. The van der Waals surface area contributed by atoms with E-state index in [1.54, 1.807) is 19.9 Å². The number of hydrogen-bond acceptors (Lipinski definition) is 7. The van der Waals surface area contributed by atoms with E-state index in [9.17, 15) is 9.59 Å². The number of ether oxygens (including phenoxy) is 5. The quantitative estimate of drug-likeness (QED) is 0.731. The van der Waals surface area contributed by atoms with Gasteiger partial charge in [0.15, 0.2) is 24.1 Å². The van der Waals surface area contributed by atoms with Crippen molar-refractivity contribution in [3.8, 4) is 0 Å². The van der Waals surface area contributed by atoms with Crippen LogP contribution < -0.4 is 0 Å². The van der Waals surface area contributed by atoms with E-state index in [0.29, 0.717) is 5.76 Å². The SMILES string of the molecule is CC(=O)O[C@H]1[C@@H]([C@H]2COC(C)(C)O2)O/C(=C\c2ccc(C)cc2)[C@@H]1OC(C)=O. The van der Waals surface area contributed by atoms with E-state index >= 15 is 0 Å². The Bertz CT molecular complexity index is 765. The summed E-state index contributed by atoms with van der Waals surface area (Å²) in [5.74, 6) is -1.35. The predicted molar refractivity (Wildman–Crippen MR) is 100 cm³/mol. The van der Waals surface area contributed by atoms with Gasteiger partial charge in [-0.25, -0.2) is 0 Å². The first-order chi connectivity index (χ1) is 13.1. The zero-order valence-electron chi connectivity index (χ0n) is 16.8. The maximum Gasteiger partial charge on any atom is 0.303 e. The topological polar surface area (TPSA) is 80.3 Å². The first-order valence-electron chi connectivity index (χ1n) is 9.26. The van der Waals surface area contributed by atoms with Crippen LogP contribution >= 0.6 is 0 Å². The van der Waals surface area contributed by atoms with Crippen LogP contribution in [0.3, 0.4) is 0 Å². The molecule has 2 saturated heterocycles. The molecule has 2 heterocycles. The highest BCUT2D eigenvalue weighted by molar-refractivity contribution is 5.68. The lowest BCUT2D eigenvalue weighted by Gasteiger charge is -2.25. The Labute approximate surface area is 164 Å². The Morgan fingerprint density at radius 3 is 2.29 bits per heavy atom. The lowest BCUT2D eigenvalue weighted by atomic mass is 10.0. The van der Waals surface area contributed by atoms with Gasteiger partial charge in [-0.15, -0.1) is 0 Å². The largest absolute Gasteiger partial charge is 0.484 e. The van der Waals surface area contributed by atoms with Gasteiger partial charge < -0.3 is 23.7 Å². The van der Waals surface area contributed by atoms with Gasteiger partial charge in [0.2, 0.25) is 0 Å². The fraction of sp³-hybridized carbons (Fsp3) is 0.524. The highest BCUT2D eigenvalue weighted by Crippen LogP contribution is 2.37. The maximum atomic E-state index is 11.7. The highest BCUT2D eigenvalue weighted by atomic mass is 16.8. The second-order valence-corrected chi connectivity index (χ2v) is 7.51. The van der Waals surface area contributed by atoms with Crippen LogP contribution in [0.25, 0.3) is 6.08 Å².